The number of carboxylic acids is 1. The maximum Gasteiger partial charge on any atom is 0.471 e. The highest BCUT2D eigenvalue weighted by atomic mass is 32.4. The quantitative estimate of drug-likeness (QED) is 0.255. The van der Waals surface area contributed by atoms with Gasteiger partial charge in [-0.15, -0.1) is 26.3 Å². The molecule has 0 saturated carbocycles. The summed E-state index contributed by atoms with van der Waals surface area (Å²) in [4.78, 5) is 26.8. The van der Waals surface area contributed by atoms with Gasteiger partial charge in [0.05, 0.1) is 0 Å². The van der Waals surface area contributed by atoms with Crippen LogP contribution in [-0.2, 0) is 21.4 Å². The maximum atomic E-state index is 13.4. The zero-order valence-electron chi connectivity index (χ0n) is 15.4. The van der Waals surface area contributed by atoms with Gasteiger partial charge in [0.15, 0.2) is 5.53 Å². The highest BCUT2D eigenvalue weighted by molar-refractivity contribution is 7.97. The van der Waals surface area contributed by atoms with Gasteiger partial charge in [-0.2, -0.15) is 13.2 Å². The van der Waals surface area contributed by atoms with Crippen LogP contribution in [0, 0.1) is 0 Å². The number of halogens is 3. The molecule has 0 aliphatic heterocycles. The molecule has 0 heterocycles. The highest BCUT2D eigenvalue weighted by Gasteiger charge is 2.54. The summed E-state index contributed by atoms with van der Waals surface area (Å²) in [6.07, 6.45) is 0.436. The van der Waals surface area contributed by atoms with Crippen molar-refractivity contribution in [1.29, 1.82) is 0 Å². The van der Waals surface area contributed by atoms with Crippen molar-refractivity contribution in [2.75, 3.05) is 32.7 Å². The minimum absolute atomic E-state index is 0.0434. The lowest BCUT2D eigenvalue weighted by Crippen LogP contribution is -2.70. The second-order valence-electron chi connectivity index (χ2n) is 5.55. The molecule has 0 aromatic heterocycles. The summed E-state index contributed by atoms with van der Waals surface area (Å²) in [7, 11) is -1.35. The Morgan fingerprint density at radius 3 is 1.50 bits per heavy atom. The van der Waals surface area contributed by atoms with Gasteiger partial charge in [-0.3, -0.25) is 24.3 Å². The molecular weight excluding hydrogens is 414 g/mol. The number of rotatable bonds is 14. The van der Waals surface area contributed by atoms with Gasteiger partial charge in [0.2, 0.25) is 0 Å². The largest absolute Gasteiger partial charge is 0.480 e. The maximum absolute atomic E-state index is 13.4. The fourth-order valence-corrected chi connectivity index (χ4v) is 5.02. The number of carbonyl (C=O) groups is 2. The Labute approximate surface area is 169 Å². The number of hydrogen-bond donors (Lipinski definition) is 1. The van der Waals surface area contributed by atoms with Crippen LogP contribution in [-0.4, -0.2) is 76.1 Å². The van der Waals surface area contributed by atoms with E-state index in [9.17, 15) is 27.9 Å². The average Bonchev–Trinajstić information content (AvgIpc) is 2.60. The molecule has 11 heteroatoms. The van der Waals surface area contributed by atoms with E-state index >= 15 is 0 Å². The zero-order valence-corrected chi connectivity index (χ0v) is 17.4. The summed E-state index contributed by atoms with van der Waals surface area (Å²) < 4.78 is 40.1. The van der Waals surface area contributed by atoms with Crippen molar-refractivity contribution in [2.24, 2.45) is 0 Å². The first-order valence-corrected chi connectivity index (χ1v) is 10.5. The second-order valence-corrected chi connectivity index (χ2v) is 7.27. The Morgan fingerprint density at radius 2 is 1.29 bits per heavy atom. The Kier molecular flexibility index (Phi) is 11.2. The van der Waals surface area contributed by atoms with E-state index in [2.05, 4.69) is 26.3 Å². The summed E-state index contributed by atoms with van der Waals surface area (Å²) in [5.41, 5.74) is -1.83. The Balaban J connectivity index is 6.94. The van der Waals surface area contributed by atoms with Gasteiger partial charge in [0, 0.05) is 26.2 Å². The highest BCUT2D eigenvalue weighted by Crippen LogP contribution is 2.38. The molecule has 0 spiro atoms. The van der Waals surface area contributed by atoms with E-state index in [1.807, 2.05) is 0 Å². The Hall–Kier alpha value is -1.74. The molecule has 28 heavy (non-hydrogen) atoms. The SMILES string of the molecule is C=CCN(CC=C)C([PH2]=S)(N(CC=C)CC=C)N(CC(=O)O)C(=O)C(F)(F)F. The molecule has 0 radical (unpaired) electrons. The lowest BCUT2D eigenvalue weighted by atomic mass is 10.3. The van der Waals surface area contributed by atoms with Gasteiger partial charge in [0.25, 0.3) is 0 Å². The average molecular weight is 439 g/mol. The molecule has 0 rings (SSSR count). The molecule has 158 valence electrons. The number of carboxylic acid groups (broad SMARTS) is 1. The smallest absolute Gasteiger partial charge is 0.471 e. The first kappa shape index (κ1) is 26.3. The molecule has 1 atom stereocenters. The van der Waals surface area contributed by atoms with Gasteiger partial charge >= 0.3 is 18.1 Å². The summed E-state index contributed by atoms with van der Waals surface area (Å²) in [6, 6.07) is 0. The van der Waals surface area contributed by atoms with E-state index in [1.54, 1.807) is 0 Å². The number of nitrogens with zero attached hydrogens (tertiary/aromatic N) is 3. The number of carbonyl (C=O) groups excluding carboxylic acids is 1. The van der Waals surface area contributed by atoms with Crippen molar-refractivity contribution in [1.82, 2.24) is 14.7 Å². The Bertz CT molecular complexity index is 585. The predicted octanol–water partition coefficient (Wildman–Crippen LogP) is 2.29. The number of alkyl halides is 3. The van der Waals surface area contributed by atoms with Crippen LogP contribution >= 0.6 is 7.36 Å². The third kappa shape index (κ3) is 6.41. The number of amides is 1. The van der Waals surface area contributed by atoms with Crippen LogP contribution in [0.2, 0.25) is 0 Å². The molecule has 0 bridgehead atoms. The van der Waals surface area contributed by atoms with Crippen LogP contribution in [0.25, 0.3) is 0 Å². The van der Waals surface area contributed by atoms with Crippen molar-refractivity contribution < 1.29 is 27.9 Å². The van der Waals surface area contributed by atoms with E-state index in [-0.39, 0.29) is 31.1 Å². The van der Waals surface area contributed by atoms with Crippen LogP contribution in [0.5, 0.6) is 0 Å². The van der Waals surface area contributed by atoms with Gasteiger partial charge in [0.1, 0.15) is 6.54 Å². The molecule has 0 aliphatic rings. The normalized spacial score (nSPS) is 12.3. The van der Waals surface area contributed by atoms with Crippen LogP contribution in [0.4, 0.5) is 13.2 Å². The Morgan fingerprint density at radius 1 is 0.929 bits per heavy atom. The molecule has 0 aliphatic carbocycles. The van der Waals surface area contributed by atoms with Crippen molar-refractivity contribution in [3.8, 4) is 0 Å². The monoisotopic (exact) mass is 439 g/mol. The van der Waals surface area contributed by atoms with Gasteiger partial charge in [-0.05, 0) is 7.36 Å². The molecule has 1 N–H and O–H groups in total. The molecule has 0 aromatic carbocycles. The topological polar surface area (TPSA) is 64.1 Å². The lowest BCUT2D eigenvalue weighted by Gasteiger charge is -2.53. The molecule has 6 nitrogen and oxygen atoms in total. The summed E-state index contributed by atoms with van der Waals surface area (Å²) >= 11 is 5.27. The standard InChI is InChI=1S/C17H25F3N3O3PS/c1-5-9-21(10-6-2)17(27-28,22(11-7-3)12-8-4)23(13-14(24)25)15(26)16(18,19)20/h5-8H,1-4,9-13,27H2,(H,24,25). The van der Waals surface area contributed by atoms with Gasteiger partial charge < -0.3 is 5.11 Å². The van der Waals surface area contributed by atoms with Crippen molar-refractivity contribution in [3.05, 3.63) is 50.6 Å². The minimum Gasteiger partial charge on any atom is -0.480 e. The van der Waals surface area contributed by atoms with Crippen molar-refractivity contribution in [3.63, 3.8) is 0 Å². The summed E-state index contributed by atoms with van der Waals surface area (Å²) in [5.74, 6) is -3.89. The van der Waals surface area contributed by atoms with Crippen molar-refractivity contribution >= 4 is 31.0 Å². The van der Waals surface area contributed by atoms with Crippen LogP contribution in [0.15, 0.2) is 50.6 Å². The minimum atomic E-state index is -5.29. The van der Waals surface area contributed by atoms with E-state index in [1.165, 1.54) is 34.1 Å². The van der Waals surface area contributed by atoms with E-state index in [0.717, 1.165) is 0 Å². The third-order valence-corrected chi connectivity index (χ3v) is 5.97. The predicted molar refractivity (Wildman–Crippen MR) is 109 cm³/mol. The molecule has 1 amide bonds. The van der Waals surface area contributed by atoms with Crippen LogP contribution in [0.1, 0.15) is 0 Å². The van der Waals surface area contributed by atoms with E-state index in [0.29, 0.717) is 0 Å². The first-order valence-electron chi connectivity index (χ1n) is 8.07. The third-order valence-electron chi connectivity index (χ3n) is 3.67. The van der Waals surface area contributed by atoms with Gasteiger partial charge in [-0.25, -0.2) is 0 Å². The van der Waals surface area contributed by atoms with Crippen LogP contribution in [0.3, 0.4) is 0 Å². The molecular formula is C17H25F3N3O3PS. The molecule has 1 unspecified atom stereocenters. The van der Waals surface area contributed by atoms with Gasteiger partial charge in [-0.1, -0.05) is 36.1 Å². The van der Waals surface area contributed by atoms with E-state index < -0.39 is 37.5 Å². The summed E-state index contributed by atoms with van der Waals surface area (Å²) in [6.45, 7) is 13.4. The van der Waals surface area contributed by atoms with E-state index in [4.69, 9.17) is 11.8 Å². The second kappa shape index (κ2) is 12.0. The fraction of sp³-hybridized carbons (Fsp3) is 0.412. The van der Waals surface area contributed by atoms with Crippen molar-refractivity contribution in [2.45, 2.75) is 11.7 Å². The zero-order chi connectivity index (χ0) is 22.0. The van der Waals surface area contributed by atoms with Crippen LogP contribution < -0.4 is 0 Å². The summed E-state index contributed by atoms with van der Waals surface area (Å²) in [5, 5.41) is 9.24. The fourth-order valence-electron chi connectivity index (χ4n) is 2.69. The lowest BCUT2D eigenvalue weighted by molar-refractivity contribution is -0.203. The molecule has 0 saturated heterocycles. The number of aliphatic carboxylic acids is 1. The first-order chi connectivity index (χ1) is 13.1. The molecule has 0 fully saturated rings. The molecule has 0 aromatic rings. The number of hydrogen-bond acceptors (Lipinski definition) is 5.